The third-order valence-corrected chi connectivity index (χ3v) is 1.85. The van der Waals surface area contributed by atoms with Gasteiger partial charge in [0.05, 0.1) is 13.2 Å². The van der Waals surface area contributed by atoms with E-state index in [-0.39, 0.29) is 37.8 Å². The third-order valence-electron chi connectivity index (χ3n) is 1.85. The highest BCUT2D eigenvalue weighted by molar-refractivity contribution is 5.71. The topological polar surface area (TPSA) is 74.5 Å². The average molecular weight is 282 g/mol. The van der Waals surface area contributed by atoms with Crippen molar-refractivity contribution in [1.29, 1.82) is 0 Å². The lowest BCUT2D eigenvalue weighted by molar-refractivity contribution is -0.173. The summed E-state index contributed by atoms with van der Waals surface area (Å²) in [6, 6.07) is 0. The Morgan fingerprint density at radius 3 is 2.79 bits per heavy atom. The molecule has 0 aliphatic rings. The normalized spacial score (nSPS) is 11.6. The summed E-state index contributed by atoms with van der Waals surface area (Å²) < 4.78 is 49.1. The van der Waals surface area contributed by atoms with Crippen molar-refractivity contribution in [3.63, 3.8) is 0 Å². The molecule has 0 radical (unpaired) electrons. The number of carbonyl (C=O) groups excluding carboxylic acids is 1. The van der Waals surface area contributed by atoms with E-state index in [1.165, 1.54) is 0 Å². The molecule has 0 aliphatic carbocycles. The first kappa shape index (κ1) is 15.4. The van der Waals surface area contributed by atoms with Gasteiger partial charge in [0.15, 0.2) is 5.82 Å². The van der Waals surface area contributed by atoms with Gasteiger partial charge in [0, 0.05) is 6.42 Å². The van der Waals surface area contributed by atoms with E-state index in [1.807, 2.05) is 0 Å². The monoisotopic (exact) mass is 282 g/mol. The number of alkyl halides is 3. The van der Waals surface area contributed by atoms with Gasteiger partial charge in [0.2, 0.25) is 5.89 Å². The Morgan fingerprint density at radius 1 is 1.42 bits per heavy atom. The molecule has 9 heteroatoms. The number of nitrogens with zero attached hydrogens (tertiary/aromatic N) is 2. The number of hydrogen-bond acceptors (Lipinski definition) is 6. The molecule has 0 saturated heterocycles. The Labute approximate surface area is 106 Å². The van der Waals surface area contributed by atoms with Gasteiger partial charge in [-0.15, -0.1) is 0 Å². The van der Waals surface area contributed by atoms with Crippen molar-refractivity contribution in [2.75, 3.05) is 19.8 Å². The van der Waals surface area contributed by atoms with Crippen molar-refractivity contribution < 1.29 is 32.0 Å². The van der Waals surface area contributed by atoms with Crippen molar-refractivity contribution in [3.8, 4) is 0 Å². The predicted molar refractivity (Wildman–Crippen MR) is 55.2 cm³/mol. The molecule has 1 rings (SSSR count). The van der Waals surface area contributed by atoms with Gasteiger partial charge in [-0.3, -0.25) is 4.79 Å². The van der Waals surface area contributed by atoms with Crippen molar-refractivity contribution in [1.82, 2.24) is 10.1 Å². The fraction of sp³-hybridized carbons (Fsp3) is 0.700. The van der Waals surface area contributed by atoms with Gasteiger partial charge in [-0.05, 0) is 6.92 Å². The number of carbonyl (C=O) groups is 1. The molecule has 1 aromatic heterocycles. The molecular formula is C10H13F3N2O4. The van der Waals surface area contributed by atoms with Crippen LogP contribution in [0.25, 0.3) is 0 Å². The van der Waals surface area contributed by atoms with Crippen molar-refractivity contribution in [2.45, 2.75) is 25.9 Å². The minimum atomic E-state index is -4.35. The molecule has 0 saturated carbocycles. The fourth-order valence-corrected chi connectivity index (χ4v) is 1.15. The van der Waals surface area contributed by atoms with Crippen molar-refractivity contribution >= 4 is 5.97 Å². The smallest absolute Gasteiger partial charge is 0.411 e. The van der Waals surface area contributed by atoms with Crippen LogP contribution in [-0.2, 0) is 27.1 Å². The Balaban J connectivity index is 2.29. The third kappa shape index (κ3) is 6.75. The summed E-state index contributed by atoms with van der Waals surface area (Å²) in [6.45, 7) is 0.401. The molecule has 0 unspecified atom stereocenters. The van der Waals surface area contributed by atoms with E-state index in [0.717, 1.165) is 0 Å². The number of esters is 1. The minimum absolute atomic E-state index is 0.0595. The summed E-state index contributed by atoms with van der Waals surface area (Å²) in [6.07, 6.45) is -4.45. The fourth-order valence-electron chi connectivity index (χ4n) is 1.15. The Hall–Kier alpha value is -1.64. The quantitative estimate of drug-likeness (QED) is 0.554. The molecule has 108 valence electrons. The summed E-state index contributed by atoms with van der Waals surface area (Å²) in [5.41, 5.74) is 0. The summed E-state index contributed by atoms with van der Waals surface area (Å²) in [7, 11) is 0. The van der Waals surface area contributed by atoms with Crippen LogP contribution in [-0.4, -0.2) is 42.1 Å². The van der Waals surface area contributed by atoms with E-state index in [9.17, 15) is 18.0 Å². The lowest BCUT2D eigenvalue weighted by Gasteiger charge is -2.05. The second-order valence-corrected chi connectivity index (χ2v) is 3.50. The van der Waals surface area contributed by atoms with E-state index in [4.69, 9.17) is 4.52 Å². The zero-order valence-electron chi connectivity index (χ0n) is 10.2. The number of hydrogen-bond donors (Lipinski definition) is 0. The molecule has 0 aliphatic heterocycles. The molecule has 0 bridgehead atoms. The molecular weight excluding hydrogens is 269 g/mol. The van der Waals surface area contributed by atoms with Crippen LogP contribution in [0.4, 0.5) is 13.2 Å². The summed E-state index contributed by atoms with van der Waals surface area (Å²) in [4.78, 5) is 14.9. The molecule has 0 fully saturated rings. The average Bonchev–Trinajstić information content (AvgIpc) is 2.71. The molecule has 1 aromatic rings. The molecule has 0 amide bonds. The number of rotatable bonds is 7. The molecule has 1 heterocycles. The summed E-state index contributed by atoms with van der Waals surface area (Å²) in [5.74, 6) is -0.267. The molecule has 6 nitrogen and oxygen atoms in total. The van der Waals surface area contributed by atoms with Gasteiger partial charge in [-0.1, -0.05) is 5.16 Å². The van der Waals surface area contributed by atoms with Crippen LogP contribution in [0.15, 0.2) is 4.52 Å². The first-order valence-corrected chi connectivity index (χ1v) is 5.52. The zero-order chi connectivity index (χ0) is 14.3. The van der Waals surface area contributed by atoms with Gasteiger partial charge in [-0.2, -0.15) is 18.2 Å². The summed E-state index contributed by atoms with van der Waals surface area (Å²) >= 11 is 0. The van der Waals surface area contributed by atoms with Crippen LogP contribution >= 0.6 is 0 Å². The van der Waals surface area contributed by atoms with Gasteiger partial charge in [0.1, 0.15) is 13.0 Å². The van der Waals surface area contributed by atoms with Crippen LogP contribution < -0.4 is 0 Å². The maximum Gasteiger partial charge on any atom is 0.411 e. The highest BCUT2D eigenvalue weighted by Gasteiger charge is 2.27. The van der Waals surface area contributed by atoms with E-state index >= 15 is 0 Å². The second-order valence-electron chi connectivity index (χ2n) is 3.50. The van der Waals surface area contributed by atoms with Crippen LogP contribution in [0.2, 0.25) is 0 Å². The Bertz CT molecular complexity index is 406. The van der Waals surface area contributed by atoms with E-state index in [1.54, 1.807) is 6.92 Å². The van der Waals surface area contributed by atoms with E-state index < -0.39 is 18.8 Å². The number of halogens is 3. The lowest BCUT2D eigenvalue weighted by atomic mass is 10.4. The molecule has 0 N–H and O–H groups in total. The number of ether oxygens (including phenoxy) is 2. The van der Waals surface area contributed by atoms with E-state index in [0.29, 0.717) is 0 Å². The summed E-state index contributed by atoms with van der Waals surface area (Å²) in [5, 5.41) is 3.51. The van der Waals surface area contributed by atoms with Crippen molar-refractivity contribution in [3.05, 3.63) is 11.7 Å². The minimum Gasteiger partial charge on any atom is -0.466 e. The van der Waals surface area contributed by atoms with Crippen molar-refractivity contribution in [2.24, 2.45) is 0 Å². The van der Waals surface area contributed by atoms with Crippen LogP contribution in [0.3, 0.4) is 0 Å². The van der Waals surface area contributed by atoms with Gasteiger partial charge in [-0.25, -0.2) is 0 Å². The molecule has 0 atom stereocenters. The predicted octanol–water partition coefficient (Wildman–Crippen LogP) is 1.30. The molecule has 0 spiro atoms. The SMILES string of the molecule is CCOC(=O)Cc1nc(CCOCC(F)(F)F)no1. The highest BCUT2D eigenvalue weighted by Crippen LogP contribution is 2.14. The molecule has 0 aromatic carbocycles. The van der Waals surface area contributed by atoms with Gasteiger partial charge < -0.3 is 14.0 Å². The second kappa shape index (κ2) is 7.07. The van der Waals surface area contributed by atoms with Crippen LogP contribution in [0, 0.1) is 0 Å². The van der Waals surface area contributed by atoms with Gasteiger partial charge in [0.25, 0.3) is 0 Å². The van der Waals surface area contributed by atoms with Crippen LogP contribution in [0.1, 0.15) is 18.6 Å². The maximum atomic E-state index is 11.8. The first-order chi connectivity index (χ1) is 8.90. The largest absolute Gasteiger partial charge is 0.466 e. The Kier molecular flexibility index (Phi) is 5.74. The Morgan fingerprint density at radius 2 is 2.16 bits per heavy atom. The first-order valence-electron chi connectivity index (χ1n) is 5.52. The molecule has 19 heavy (non-hydrogen) atoms. The van der Waals surface area contributed by atoms with Crippen LogP contribution in [0.5, 0.6) is 0 Å². The highest BCUT2D eigenvalue weighted by atomic mass is 19.4. The zero-order valence-corrected chi connectivity index (χ0v) is 10.2. The standard InChI is InChI=1S/C10H13F3N2O4/c1-2-18-9(16)5-8-14-7(15-19-8)3-4-17-6-10(11,12)13/h2-6H2,1H3. The maximum absolute atomic E-state index is 11.8. The lowest BCUT2D eigenvalue weighted by Crippen LogP contribution is -2.18. The van der Waals surface area contributed by atoms with E-state index in [2.05, 4.69) is 19.6 Å². The number of aromatic nitrogens is 2. The van der Waals surface area contributed by atoms with Gasteiger partial charge >= 0.3 is 12.1 Å².